The highest BCUT2D eigenvalue weighted by atomic mass is 35.5. The highest BCUT2D eigenvalue weighted by Crippen LogP contribution is 2.29. The van der Waals surface area contributed by atoms with Crippen LogP contribution < -0.4 is 5.32 Å². The maximum Gasteiger partial charge on any atom is 0.163 e. The zero-order chi connectivity index (χ0) is 13.8. The molecule has 6 heteroatoms. The number of nitrogens with zero attached hydrogens (tertiary/aromatic N) is 1. The molecule has 1 aliphatic heterocycles. The molecular weight excluding hydrogens is 289 g/mol. The molecule has 0 aliphatic carbocycles. The molecule has 20 heavy (non-hydrogen) atoms. The summed E-state index contributed by atoms with van der Waals surface area (Å²) in [6.07, 6.45) is 0.194. The highest BCUT2D eigenvalue weighted by Gasteiger charge is 2.26. The van der Waals surface area contributed by atoms with Crippen LogP contribution in [0.3, 0.4) is 0 Å². The van der Waals surface area contributed by atoms with Gasteiger partial charge in [-0.1, -0.05) is 12.1 Å². The summed E-state index contributed by atoms with van der Waals surface area (Å²) in [7, 11) is 0. The van der Waals surface area contributed by atoms with Crippen LogP contribution >= 0.6 is 12.4 Å². The van der Waals surface area contributed by atoms with Crippen molar-refractivity contribution in [1.82, 2.24) is 10.2 Å². The Kier molecular flexibility index (Phi) is 6.79. The van der Waals surface area contributed by atoms with Crippen LogP contribution in [0.4, 0.5) is 13.2 Å². The molecule has 1 saturated heterocycles. The predicted octanol–water partition coefficient (Wildman–Crippen LogP) is 3.00. The van der Waals surface area contributed by atoms with Crippen LogP contribution in [0.2, 0.25) is 0 Å². The minimum Gasteiger partial charge on any atom is -0.314 e. The lowest BCUT2D eigenvalue weighted by atomic mass is 9.99. The van der Waals surface area contributed by atoms with E-state index in [-0.39, 0.29) is 36.0 Å². The quantitative estimate of drug-likeness (QED) is 0.920. The van der Waals surface area contributed by atoms with Crippen LogP contribution in [0, 0.1) is 18.6 Å². The molecule has 2 rings (SSSR count). The molecule has 0 spiro atoms. The van der Waals surface area contributed by atoms with Gasteiger partial charge in [0.25, 0.3) is 0 Å². The zero-order valence-corrected chi connectivity index (χ0v) is 12.3. The van der Waals surface area contributed by atoms with Crippen LogP contribution in [0.25, 0.3) is 0 Å². The fourth-order valence-corrected chi connectivity index (χ4v) is 2.55. The van der Waals surface area contributed by atoms with Gasteiger partial charge in [-0.15, -0.1) is 12.4 Å². The van der Waals surface area contributed by atoms with Crippen molar-refractivity contribution < 1.29 is 13.2 Å². The van der Waals surface area contributed by atoms with Crippen molar-refractivity contribution in [2.75, 3.05) is 32.9 Å². The van der Waals surface area contributed by atoms with Crippen LogP contribution in [-0.4, -0.2) is 37.8 Å². The molecule has 1 aliphatic rings. The number of hydrogen-bond donors (Lipinski definition) is 1. The molecule has 0 bridgehead atoms. The van der Waals surface area contributed by atoms with E-state index in [1.54, 1.807) is 12.1 Å². The van der Waals surface area contributed by atoms with E-state index in [2.05, 4.69) is 5.32 Å². The predicted molar refractivity (Wildman–Crippen MR) is 76.1 cm³/mol. The summed E-state index contributed by atoms with van der Waals surface area (Å²) in [5.74, 6) is -1.66. The summed E-state index contributed by atoms with van der Waals surface area (Å²) in [4.78, 5) is 2.02. The van der Waals surface area contributed by atoms with E-state index in [9.17, 15) is 13.2 Å². The normalized spacial score (nSPS) is 17.6. The molecule has 0 amide bonds. The van der Waals surface area contributed by atoms with E-state index in [0.717, 1.165) is 26.2 Å². The van der Waals surface area contributed by atoms with Gasteiger partial charge in [-0.05, 0) is 18.9 Å². The summed E-state index contributed by atoms with van der Waals surface area (Å²) >= 11 is 0. The van der Waals surface area contributed by atoms with E-state index >= 15 is 0 Å². The van der Waals surface area contributed by atoms with Gasteiger partial charge >= 0.3 is 0 Å². The summed E-state index contributed by atoms with van der Waals surface area (Å²) < 4.78 is 40.4. The first-order chi connectivity index (χ1) is 9.15. The van der Waals surface area contributed by atoms with Crippen LogP contribution in [-0.2, 0) is 0 Å². The van der Waals surface area contributed by atoms with Crippen molar-refractivity contribution >= 4 is 12.4 Å². The fourth-order valence-electron chi connectivity index (χ4n) is 2.55. The Balaban J connectivity index is 0.00000200. The molecule has 1 N–H and O–H groups in total. The number of rotatable bonds is 4. The number of benzene rings is 1. The average molecular weight is 309 g/mol. The van der Waals surface area contributed by atoms with Crippen molar-refractivity contribution in [3.05, 3.63) is 34.9 Å². The van der Waals surface area contributed by atoms with Crippen molar-refractivity contribution in [2.45, 2.75) is 19.4 Å². The van der Waals surface area contributed by atoms with Crippen molar-refractivity contribution in [3.63, 3.8) is 0 Å². The molecular formula is C14H20ClF3N2. The smallest absolute Gasteiger partial charge is 0.163 e. The van der Waals surface area contributed by atoms with Crippen LogP contribution in [0.1, 0.15) is 23.6 Å². The third-order valence-corrected chi connectivity index (χ3v) is 3.64. The van der Waals surface area contributed by atoms with Crippen molar-refractivity contribution in [3.8, 4) is 0 Å². The second-order valence-electron chi connectivity index (χ2n) is 4.88. The standard InChI is InChI=1S/C14H19F3N2.ClH/c1-10-2-3-11(14(17)13(10)16)12(4-5-15)19-8-6-18-7-9-19;/h2-3,12,18H,4-9H2,1H3;1H/t12-;/m0./s1. The Labute approximate surface area is 123 Å². The van der Waals surface area contributed by atoms with Crippen molar-refractivity contribution in [2.24, 2.45) is 0 Å². The number of nitrogens with one attached hydrogen (secondary N) is 1. The summed E-state index contributed by atoms with van der Waals surface area (Å²) in [5.41, 5.74) is 0.545. The SMILES string of the molecule is Cc1ccc([C@H](CCF)N2CCNCC2)c(F)c1F.Cl. The molecule has 1 atom stereocenters. The maximum absolute atomic E-state index is 14.1. The second kappa shape index (κ2) is 7.86. The third-order valence-electron chi connectivity index (χ3n) is 3.64. The maximum atomic E-state index is 14.1. The largest absolute Gasteiger partial charge is 0.314 e. The third kappa shape index (κ3) is 3.65. The Hall–Kier alpha value is -0.780. The van der Waals surface area contributed by atoms with Gasteiger partial charge < -0.3 is 5.32 Å². The Morgan fingerprint density at radius 2 is 1.85 bits per heavy atom. The average Bonchev–Trinajstić information content (AvgIpc) is 2.44. The first-order valence-corrected chi connectivity index (χ1v) is 6.60. The van der Waals surface area contributed by atoms with Gasteiger partial charge in [0.1, 0.15) is 0 Å². The minimum absolute atomic E-state index is 0. The summed E-state index contributed by atoms with van der Waals surface area (Å²) in [5, 5.41) is 3.20. The van der Waals surface area contributed by atoms with Crippen LogP contribution in [0.5, 0.6) is 0 Å². The Bertz CT molecular complexity index is 437. The molecule has 114 valence electrons. The topological polar surface area (TPSA) is 15.3 Å². The molecule has 2 nitrogen and oxygen atoms in total. The van der Waals surface area contributed by atoms with Gasteiger partial charge in [-0.25, -0.2) is 8.78 Å². The molecule has 0 saturated carbocycles. The molecule has 1 fully saturated rings. The Morgan fingerprint density at radius 3 is 2.45 bits per heavy atom. The lowest BCUT2D eigenvalue weighted by Crippen LogP contribution is -2.45. The van der Waals surface area contributed by atoms with Gasteiger partial charge in [0.15, 0.2) is 11.6 Å². The highest BCUT2D eigenvalue weighted by molar-refractivity contribution is 5.85. The summed E-state index contributed by atoms with van der Waals surface area (Å²) in [6.45, 7) is 4.01. The number of aryl methyl sites for hydroxylation is 1. The lowest BCUT2D eigenvalue weighted by molar-refractivity contribution is 0.153. The Morgan fingerprint density at radius 1 is 1.20 bits per heavy atom. The zero-order valence-electron chi connectivity index (χ0n) is 11.5. The first kappa shape index (κ1) is 17.3. The van der Waals surface area contributed by atoms with E-state index in [1.807, 2.05) is 4.90 Å². The lowest BCUT2D eigenvalue weighted by Gasteiger charge is -2.35. The number of hydrogen-bond acceptors (Lipinski definition) is 2. The summed E-state index contributed by atoms with van der Waals surface area (Å²) in [6, 6.07) is 2.75. The van der Waals surface area contributed by atoms with E-state index in [1.165, 1.54) is 6.92 Å². The molecule has 1 aromatic carbocycles. The molecule has 0 aromatic heterocycles. The van der Waals surface area contributed by atoms with E-state index < -0.39 is 18.3 Å². The molecule has 0 unspecified atom stereocenters. The molecule has 1 heterocycles. The fraction of sp³-hybridized carbons (Fsp3) is 0.571. The van der Waals surface area contributed by atoms with E-state index in [0.29, 0.717) is 0 Å². The van der Waals surface area contributed by atoms with Crippen LogP contribution in [0.15, 0.2) is 12.1 Å². The number of piperazine rings is 1. The monoisotopic (exact) mass is 308 g/mol. The molecule has 1 aromatic rings. The number of alkyl halides is 1. The first-order valence-electron chi connectivity index (χ1n) is 6.60. The van der Waals surface area contributed by atoms with Gasteiger partial charge in [0.2, 0.25) is 0 Å². The van der Waals surface area contributed by atoms with Crippen molar-refractivity contribution in [1.29, 1.82) is 0 Å². The second-order valence-corrected chi connectivity index (χ2v) is 4.88. The van der Waals surface area contributed by atoms with Gasteiger partial charge in [-0.2, -0.15) is 0 Å². The number of halogens is 4. The van der Waals surface area contributed by atoms with Gasteiger partial charge in [0, 0.05) is 37.8 Å². The van der Waals surface area contributed by atoms with E-state index in [4.69, 9.17) is 0 Å². The minimum atomic E-state index is -0.836. The van der Waals surface area contributed by atoms with Gasteiger partial charge in [-0.3, -0.25) is 9.29 Å². The molecule has 0 radical (unpaired) electrons. The van der Waals surface area contributed by atoms with Gasteiger partial charge in [0.05, 0.1) is 6.67 Å².